The number of carbonyl (C=O) groups is 1. The first-order valence-electron chi connectivity index (χ1n) is 7.97. The number of piperidine rings is 1. The zero-order valence-electron chi connectivity index (χ0n) is 13.5. The second-order valence-corrected chi connectivity index (χ2v) is 5.78. The van der Waals surface area contributed by atoms with Crippen LogP contribution in [-0.4, -0.2) is 51.7 Å². The standard InChI is InChI=1S/C15H23F3N4O/c1-3-21(4-2)14(23)12-5-8-20(9-6-12)11-22-10-7-13(19-22)15(16,17)18/h7,10,12H,3-6,8-9,11H2,1-2H3. The van der Waals surface area contributed by atoms with Gasteiger partial charge in [0.2, 0.25) is 5.91 Å². The normalized spacial score (nSPS) is 17.4. The minimum Gasteiger partial charge on any atom is -0.343 e. The number of halogens is 3. The summed E-state index contributed by atoms with van der Waals surface area (Å²) in [6.07, 6.45) is -1.59. The van der Waals surface area contributed by atoms with Gasteiger partial charge in [-0.05, 0) is 32.8 Å². The molecule has 2 rings (SSSR count). The number of nitrogens with zero attached hydrogens (tertiary/aromatic N) is 4. The predicted octanol–water partition coefficient (Wildman–Crippen LogP) is 2.44. The first-order valence-corrected chi connectivity index (χ1v) is 7.97. The fourth-order valence-corrected chi connectivity index (χ4v) is 2.91. The first kappa shape index (κ1) is 17.8. The minimum absolute atomic E-state index is 0.0227. The number of carbonyl (C=O) groups excluding carboxylic acids is 1. The van der Waals surface area contributed by atoms with Crippen molar-refractivity contribution in [3.8, 4) is 0 Å². The summed E-state index contributed by atoms with van der Waals surface area (Å²) in [4.78, 5) is 16.2. The number of likely N-dealkylation sites (tertiary alicyclic amines) is 1. The Labute approximate surface area is 134 Å². The maximum Gasteiger partial charge on any atom is 0.435 e. The minimum atomic E-state index is -4.41. The maximum atomic E-state index is 12.5. The van der Waals surface area contributed by atoms with Gasteiger partial charge in [-0.3, -0.25) is 14.4 Å². The van der Waals surface area contributed by atoms with Gasteiger partial charge in [-0.15, -0.1) is 0 Å². The van der Waals surface area contributed by atoms with Crippen molar-refractivity contribution >= 4 is 5.91 Å². The molecular formula is C15H23F3N4O. The van der Waals surface area contributed by atoms with Crippen LogP contribution < -0.4 is 0 Å². The van der Waals surface area contributed by atoms with Gasteiger partial charge in [-0.1, -0.05) is 0 Å². The highest BCUT2D eigenvalue weighted by molar-refractivity contribution is 5.78. The van der Waals surface area contributed by atoms with Crippen molar-refractivity contribution in [2.24, 2.45) is 5.92 Å². The maximum absolute atomic E-state index is 12.5. The van der Waals surface area contributed by atoms with Crippen LogP contribution in [0.25, 0.3) is 0 Å². The van der Waals surface area contributed by atoms with Gasteiger partial charge in [0.1, 0.15) is 0 Å². The summed E-state index contributed by atoms with van der Waals surface area (Å²) < 4.78 is 38.9. The third-order valence-corrected chi connectivity index (χ3v) is 4.29. The third-order valence-electron chi connectivity index (χ3n) is 4.29. The van der Waals surface area contributed by atoms with Gasteiger partial charge in [-0.2, -0.15) is 18.3 Å². The topological polar surface area (TPSA) is 41.4 Å². The van der Waals surface area contributed by atoms with E-state index in [1.807, 2.05) is 23.6 Å². The van der Waals surface area contributed by atoms with Crippen molar-refractivity contribution in [1.82, 2.24) is 19.6 Å². The van der Waals surface area contributed by atoms with Crippen LogP contribution >= 0.6 is 0 Å². The number of hydrogen-bond donors (Lipinski definition) is 0. The van der Waals surface area contributed by atoms with Crippen molar-refractivity contribution in [1.29, 1.82) is 0 Å². The van der Waals surface area contributed by atoms with Crippen molar-refractivity contribution < 1.29 is 18.0 Å². The molecular weight excluding hydrogens is 309 g/mol. The molecule has 1 fully saturated rings. The summed E-state index contributed by atoms with van der Waals surface area (Å²) in [5.41, 5.74) is -0.871. The predicted molar refractivity (Wildman–Crippen MR) is 79.5 cm³/mol. The van der Waals surface area contributed by atoms with E-state index in [4.69, 9.17) is 0 Å². The highest BCUT2D eigenvalue weighted by Crippen LogP contribution is 2.27. The van der Waals surface area contributed by atoms with Gasteiger partial charge in [0, 0.05) is 38.3 Å². The van der Waals surface area contributed by atoms with E-state index in [-0.39, 0.29) is 11.8 Å². The van der Waals surface area contributed by atoms with Crippen LogP contribution in [-0.2, 0) is 17.6 Å². The van der Waals surface area contributed by atoms with Gasteiger partial charge >= 0.3 is 6.18 Å². The third kappa shape index (κ3) is 4.46. The average molecular weight is 332 g/mol. The lowest BCUT2D eigenvalue weighted by Crippen LogP contribution is -2.42. The molecule has 1 aromatic rings. The summed E-state index contributed by atoms with van der Waals surface area (Å²) in [6.45, 7) is 7.06. The molecule has 0 bridgehead atoms. The van der Waals surface area contributed by atoms with E-state index in [9.17, 15) is 18.0 Å². The molecule has 0 spiro atoms. The summed E-state index contributed by atoms with van der Waals surface area (Å²) in [5, 5.41) is 3.56. The fourth-order valence-electron chi connectivity index (χ4n) is 2.91. The SMILES string of the molecule is CCN(CC)C(=O)C1CCN(Cn2ccc(C(F)(F)F)n2)CC1. The molecule has 1 aromatic heterocycles. The van der Waals surface area contributed by atoms with Crippen molar-refractivity contribution in [3.63, 3.8) is 0 Å². The van der Waals surface area contributed by atoms with Crippen LogP contribution in [0.4, 0.5) is 13.2 Å². The Kier molecular flexibility index (Phi) is 5.67. The zero-order chi connectivity index (χ0) is 17.0. The lowest BCUT2D eigenvalue weighted by atomic mass is 9.95. The Balaban J connectivity index is 1.85. The summed E-state index contributed by atoms with van der Waals surface area (Å²) >= 11 is 0. The van der Waals surface area contributed by atoms with Crippen LogP contribution in [0.15, 0.2) is 12.3 Å². The molecule has 23 heavy (non-hydrogen) atoms. The summed E-state index contributed by atoms with van der Waals surface area (Å²) in [6, 6.07) is 0.983. The van der Waals surface area contributed by atoms with Crippen LogP contribution in [0.3, 0.4) is 0 Å². The van der Waals surface area contributed by atoms with Crippen LogP contribution in [0.2, 0.25) is 0 Å². The fraction of sp³-hybridized carbons (Fsp3) is 0.733. The van der Waals surface area contributed by atoms with Gasteiger partial charge in [0.05, 0.1) is 6.67 Å². The van der Waals surface area contributed by atoms with E-state index in [0.717, 1.165) is 18.9 Å². The van der Waals surface area contributed by atoms with E-state index in [1.54, 1.807) is 0 Å². The number of hydrogen-bond acceptors (Lipinski definition) is 3. The highest BCUT2D eigenvalue weighted by Gasteiger charge is 2.34. The van der Waals surface area contributed by atoms with Gasteiger partial charge in [0.15, 0.2) is 5.69 Å². The molecule has 1 amide bonds. The van der Waals surface area contributed by atoms with Crippen molar-refractivity contribution in [2.45, 2.75) is 39.5 Å². The van der Waals surface area contributed by atoms with Crippen molar-refractivity contribution in [2.75, 3.05) is 26.2 Å². The molecule has 5 nitrogen and oxygen atoms in total. The molecule has 0 unspecified atom stereocenters. The molecule has 130 valence electrons. The van der Waals surface area contributed by atoms with Gasteiger partial charge < -0.3 is 4.90 Å². The second kappa shape index (κ2) is 7.33. The van der Waals surface area contributed by atoms with E-state index in [2.05, 4.69) is 5.10 Å². The quantitative estimate of drug-likeness (QED) is 0.832. The lowest BCUT2D eigenvalue weighted by Gasteiger charge is -2.33. The number of alkyl halides is 3. The van der Waals surface area contributed by atoms with E-state index in [1.165, 1.54) is 10.9 Å². The monoisotopic (exact) mass is 332 g/mol. The Bertz CT molecular complexity index is 517. The first-order chi connectivity index (χ1) is 10.8. The summed E-state index contributed by atoms with van der Waals surface area (Å²) in [5.74, 6) is 0.211. The molecule has 0 saturated carbocycles. The van der Waals surface area contributed by atoms with E-state index in [0.29, 0.717) is 32.8 Å². The number of amides is 1. The Morgan fingerprint density at radius 1 is 1.30 bits per heavy atom. The Morgan fingerprint density at radius 2 is 1.91 bits per heavy atom. The molecule has 8 heteroatoms. The molecule has 2 heterocycles. The highest BCUT2D eigenvalue weighted by atomic mass is 19.4. The Morgan fingerprint density at radius 3 is 2.39 bits per heavy atom. The van der Waals surface area contributed by atoms with Crippen molar-refractivity contribution in [3.05, 3.63) is 18.0 Å². The average Bonchev–Trinajstić information content (AvgIpc) is 2.98. The van der Waals surface area contributed by atoms with E-state index >= 15 is 0 Å². The summed E-state index contributed by atoms with van der Waals surface area (Å²) in [7, 11) is 0. The van der Waals surface area contributed by atoms with Crippen LogP contribution in [0.5, 0.6) is 0 Å². The molecule has 0 atom stereocenters. The molecule has 0 aliphatic carbocycles. The molecule has 1 aliphatic heterocycles. The molecule has 0 N–H and O–H groups in total. The number of rotatable bonds is 5. The molecule has 0 aromatic carbocycles. The molecule has 0 radical (unpaired) electrons. The van der Waals surface area contributed by atoms with Crippen LogP contribution in [0.1, 0.15) is 32.4 Å². The van der Waals surface area contributed by atoms with E-state index < -0.39 is 11.9 Å². The Hall–Kier alpha value is -1.57. The smallest absolute Gasteiger partial charge is 0.343 e. The molecule has 1 saturated heterocycles. The van der Waals surface area contributed by atoms with Gasteiger partial charge in [0.25, 0.3) is 0 Å². The second-order valence-electron chi connectivity index (χ2n) is 5.78. The largest absolute Gasteiger partial charge is 0.435 e. The lowest BCUT2D eigenvalue weighted by molar-refractivity contribution is -0.142. The number of aromatic nitrogens is 2. The zero-order valence-corrected chi connectivity index (χ0v) is 13.5. The molecule has 1 aliphatic rings. The van der Waals surface area contributed by atoms with Gasteiger partial charge in [-0.25, -0.2) is 0 Å². The van der Waals surface area contributed by atoms with Crippen LogP contribution in [0, 0.1) is 5.92 Å².